The van der Waals surface area contributed by atoms with Crippen LogP contribution in [0.15, 0.2) is 47.5 Å². The van der Waals surface area contributed by atoms with Crippen LogP contribution in [0.1, 0.15) is 21.6 Å². The normalized spacial score (nSPS) is 11.2. The van der Waals surface area contributed by atoms with Gasteiger partial charge in [0.1, 0.15) is 17.1 Å². The highest BCUT2D eigenvalue weighted by Crippen LogP contribution is 2.24. The van der Waals surface area contributed by atoms with Crippen LogP contribution in [-0.4, -0.2) is 31.6 Å². The number of aromatic nitrogens is 2. The lowest BCUT2D eigenvalue weighted by atomic mass is 10.2. The van der Waals surface area contributed by atoms with Crippen molar-refractivity contribution in [2.24, 2.45) is 0 Å². The van der Waals surface area contributed by atoms with Gasteiger partial charge in [-0.15, -0.1) is 0 Å². The molecule has 1 aromatic heterocycles. The number of benzene rings is 2. The molecule has 3 N–H and O–H groups in total. The second-order valence-electron chi connectivity index (χ2n) is 6.28. The number of anilines is 2. The first-order chi connectivity index (χ1) is 13.7. The Balaban J connectivity index is 1.90. The number of rotatable bonds is 6. The van der Waals surface area contributed by atoms with Crippen LogP contribution in [0.4, 0.5) is 15.8 Å². The summed E-state index contributed by atoms with van der Waals surface area (Å²) in [6, 6.07) is 10.1. The van der Waals surface area contributed by atoms with Gasteiger partial charge in [0, 0.05) is 17.1 Å². The van der Waals surface area contributed by atoms with E-state index in [-0.39, 0.29) is 16.9 Å². The molecule has 29 heavy (non-hydrogen) atoms. The summed E-state index contributed by atoms with van der Waals surface area (Å²) in [6.07, 6.45) is 0. The number of hydrogen-bond donors (Lipinski definition) is 3. The van der Waals surface area contributed by atoms with Crippen molar-refractivity contribution < 1.29 is 22.3 Å². The Morgan fingerprint density at radius 1 is 1.14 bits per heavy atom. The van der Waals surface area contributed by atoms with E-state index >= 15 is 0 Å². The first-order valence-corrected chi connectivity index (χ1v) is 9.99. The molecule has 0 radical (unpaired) electrons. The van der Waals surface area contributed by atoms with Crippen LogP contribution in [0.25, 0.3) is 0 Å². The minimum absolute atomic E-state index is 0.130. The Kier molecular flexibility index (Phi) is 5.55. The molecular formula is C19H19FN4O4S. The number of H-pyrrole nitrogens is 1. The van der Waals surface area contributed by atoms with E-state index < -0.39 is 26.8 Å². The monoisotopic (exact) mass is 418 g/mol. The number of aryl methyl sites for hydroxylation is 2. The molecule has 10 heteroatoms. The molecule has 152 valence electrons. The highest BCUT2D eigenvalue weighted by molar-refractivity contribution is 7.92. The van der Waals surface area contributed by atoms with Crippen LogP contribution >= 0.6 is 0 Å². The third-order valence-electron chi connectivity index (χ3n) is 4.17. The first-order valence-electron chi connectivity index (χ1n) is 8.50. The standard InChI is InChI=1S/C19H19FN4O4S/c1-11-10-13(20)4-9-16(11)21-18(25)17-12(2)22-23-19(17)29(26,27)24-14-5-7-15(28-3)8-6-14/h4-10,24H,1-3H3,(H,21,25)(H,22,23). The summed E-state index contributed by atoms with van der Waals surface area (Å²) in [5.41, 5.74) is 1.29. The van der Waals surface area contributed by atoms with Crippen molar-refractivity contribution in [3.63, 3.8) is 0 Å². The molecule has 0 atom stereocenters. The molecule has 0 bridgehead atoms. The van der Waals surface area contributed by atoms with Crippen molar-refractivity contribution in [2.45, 2.75) is 18.9 Å². The van der Waals surface area contributed by atoms with Gasteiger partial charge in [0.05, 0.1) is 7.11 Å². The van der Waals surface area contributed by atoms with Crippen molar-refractivity contribution in [3.8, 4) is 5.75 Å². The summed E-state index contributed by atoms with van der Waals surface area (Å²) in [6.45, 7) is 3.16. The van der Waals surface area contributed by atoms with E-state index in [0.717, 1.165) is 0 Å². The number of carbonyl (C=O) groups excluding carboxylic acids is 1. The number of halogens is 1. The lowest BCUT2D eigenvalue weighted by molar-refractivity contribution is 0.102. The molecule has 0 saturated heterocycles. The van der Waals surface area contributed by atoms with Crippen LogP contribution in [-0.2, 0) is 10.0 Å². The molecule has 3 rings (SSSR count). The second kappa shape index (κ2) is 7.92. The first kappa shape index (κ1) is 20.3. The largest absolute Gasteiger partial charge is 0.497 e. The number of nitrogens with zero attached hydrogens (tertiary/aromatic N) is 1. The average Bonchev–Trinajstić information content (AvgIpc) is 3.07. The molecule has 8 nitrogen and oxygen atoms in total. The minimum Gasteiger partial charge on any atom is -0.497 e. The van der Waals surface area contributed by atoms with Crippen molar-refractivity contribution in [3.05, 3.63) is 65.1 Å². The maximum Gasteiger partial charge on any atom is 0.282 e. The Morgan fingerprint density at radius 3 is 2.45 bits per heavy atom. The van der Waals surface area contributed by atoms with E-state index in [1.54, 1.807) is 19.1 Å². The lowest BCUT2D eigenvalue weighted by Crippen LogP contribution is -2.20. The van der Waals surface area contributed by atoms with Crippen LogP contribution in [0.2, 0.25) is 0 Å². The van der Waals surface area contributed by atoms with E-state index in [1.165, 1.54) is 44.4 Å². The Bertz CT molecular complexity index is 1160. The van der Waals surface area contributed by atoms with E-state index in [9.17, 15) is 17.6 Å². The molecule has 0 saturated carbocycles. The molecule has 0 aliphatic heterocycles. The van der Waals surface area contributed by atoms with Crippen LogP contribution in [0.3, 0.4) is 0 Å². The smallest absolute Gasteiger partial charge is 0.282 e. The molecule has 3 aromatic rings. The predicted molar refractivity (Wildman–Crippen MR) is 106 cm³/mol. The van der Waals surface area contributed by atoms with Gasteiger partial charge in [0.15, 0.2) is 0 Å². The van der Waals surface area contributed by atoms with Gasteiger partial charge < -0.3 is 10.1 Å². The third-order valence-corrected chi connectivity index (χ3v) is 5.48. The molecule has 0 spiro atoms. The Labute approximate surface area is 167 Å². The Morgan fingerprint density at radius 2 is 1.83 bits per heavy atom. The summed E-state index contributed by atoms with van der Waals surface area (Å²) in [4.78, 5) is 12.8. The van der Waals surface area contributed by atoms with Crippen molar-refractivity contribution in [1.82, 2.24) is 10.2 Å². The maximum absolute atomic E-state index is 13.3. The van der Waals surface area contributed by atoms with Gasteiger partial charge >= 0.3 is 0 Å². The average molecular weight is 418 g/mol. The van der Waals surface area contributed by atoms with Gasteiger partial charge in [-0.25, -0.2) is 4.39 Å². The lowest BCUT2D eigenvalue weighted by Gasteiger charge is -2.11. The van der Waals surface area contributed by atoms with E-state index in [1.807, 2.05) is 0 Å². The van der Waals surface area contributed by atoms with Gasteiger partial charge in [-0.3, -0.25) is 14.6 Å². The quantitative estimate of drug-likeness (QED) is 0.569. The van der Waals surface area contributed by atoms with Crippen molar-refractivity contribution >= 4 is 27.3 Å². The molecule has 0 fully saturated rings. The molecular weight excluding hydrogens is 399 g/mol. The van der Waals surface area contributed by atoms with Crippen molar-refractivity contribution in [1.29, 1.82) is 0 Å². The third kappa shape index (κ3) is 4.37. The molecule has 2 aromatic carbocycles. The highest BCUT2D eigenvalue weighted by Gasteiger charge is 2.28. The fourth-order valence-corrected chi connectivity index (χ4v) is 3.91. The molecule has 0 aliphatic carbocycles. The van der Waals surface area contributed by atoms with E-state index in [2.05, 4.69) is 20.2 Å². The van der Waals surface area contributed by atoms with Gasteiger partial charge in [-0.2, -0.15) is 13.5 Å². The number of methoxy groups -OCH3 is 1. The minimum atomic E-state index is -4.15. The maximum atomic E-state index is 13.3. The fraction of sp³-hybridized carbons (Fsp3) is 0.158. The molecule has 0 unspecified atom stereocenters. The number of hydrogen-bond acceptors (Lipinski definition) is 5. The van der Waals surface area contributed by atoms with Crippen LogP contribution in [0.5, 0.6) is 5.75 Å². The summed E-state index contributed by atoms with van der Waals surface area (Å²) >= 11 is 0. The number of nitrogens with one attached hydrogen (secondary N) is 3. The van der Waals surface area contributed by atoms with Gasteiger partial charge in [0.25, 0.3) is 15.9 Å². The van der Waals surface area contributed by atoms with Crippen molar-refractivity contribution in [2.75, 3.05) is 17.1 Å². The van der Waals surface area contributed by atoms with Crippen LogP contribution < -0.4 is 14.8 Å². The summed E-state index contributed by atoms with van der Waals surface area (Å²) < 4.78 is 46.3. The molecule has 1 heterocycles. The number of amides is 1. The van der Waals surface area contributed by atoms with Gasteiger partial charge in [0.2, 0.25) is 5.03 Å². The summed E-state index contributed by atoms with van der Waals surface area (Å²) in [7, 11) is -2.65. The van der Waals surface area contributed by atoms with E-state index in [0.29, 0.717) is 17.0 Å². The highest BCUT2D eigenvalue weighted by atomic mass is 32.2. The predicted octanol–water partition coefficient (Wildman–Crippen LogP) is 3.23. The summed E-state index contributed by atoms with van der Waals surface area (Å²) in [5.74, 6) is -0.550. The van der Waals surface area contributed by atoms with Gasteiger partial charge in [-0.1, -0.05) is 0 Å². The number of ether oxygens (including phenoxy) is 1. The number of carbonyl (C=O) groups is 1. The topological polar surface area (TPSA) is 113 Å². The summed E-state index contributed by atoms with van der Waals surface area (Å²) in [5, 5.41) is 8.48. The van der Waals surface area contributed by atoms with Crippen LogP contribution in [0, 0.1) is 19.7 Å². The second-order valence-corrected chi connectivity index (χ2v) is 7.87. The zero-order valence-electron chi connectivity index (χ0n) is 15.9. The Hall–Kier alpha value is -3.40. The number of aromatic amines is 1. The zero-order chi connectivity index (χ0) is 21.2. The van der Waals surface area contributed by atoms with E-state index in [4.69, 9.17) is 4.74 Å². The molecule has 1 amide bonds. The zero-order valence-corrected chi connectivity index (χ0v) is 16.7. The molecule has 0 aliphatic rings. The van der Waals surface area contributed by atoms with Gasteiger partial charge in [-0.05, 0) is 61.9 Å². The fourth-order valence-electron chi connectivity index (χ4n) is 2.68. The SMILES string of the molecule is COc1ccc(NS(=O)(=O)c2n[nH]c(C)c2C(=O)Nc2ccc(F)cc2C)cc1. The number of sulfonamides is 1.